The number of imidazole rings is 1. The number of nitrogens with zero attached hydrogens (tertiary/aromatic N) is 3. The standard InChI is InChI=1S/C16H20N4O/c1-5-20-15(18)14(19-16(20)10(2)3)11-6-7-13(21-4)12(8-11)9-17/h6-8,10H,5,18H2,1-4H3. The molecule has 0 spiro atoms. The molecule has 0 aliphatic carbocycles. The summed E-state index contributed by atoms with van der Waals surface area (Å²) in [4.78, 5) is 4.67. The molecule has 5 heteroatoms. The Morgan fingerprint density at radius 1 is 1.43 bits per heavy atom. The molecule has 0 aliphatic rings. The highest BCUT2D eigenvalue weighted by atomic mass is 16.5. The zero-order valence-electron chi connectivity index (χ0n) is 12.8. The zero-order valence-corrected chi connectivity index (χ0v) is 12.8. The number of hydrogen-bond donors (Lipinski definition) is 1. The van der Waals surface area contributed by atoms with Crippen molar-refractivity contribution in [3.63, 3.8) is 0 Å². The molecule has 0 fully saturated rings. The van der Waals surface area contributed by atoms with Gasteiger partial charge in [0.1, 0.15) is 29.2 Å². The number of ether oxygens (including phenoxy) is 1. The Hall–Kier alpha value is -2.48. The maximum absolute atomic E-state index is 9.20. The molecule has 1 heterocycles. The Bertz CT molecular complexity index is 695. The SMILES string of the molecule is CCn1c(C(C)C)nc(-c2ccc(OC)c(C#N)c2)c1N. The average Bonchev–Trinajstić information content (AvgIpc) is 2.83. The monoisotopic (exact) mass is 284 g/mol. The molecule has 1 aromatic heterocycles. The van der Waals surface area contributed by atoms with Gasteiger partial charge in [-0.15, -0.1) is 0 Å². The first-order valence-corrected chi connectivity index (χ1v) is 6.97. The summed E-state index contributed by atoms with van der Waals surface area (Å²) in [5.41, 5.74) is 8.27. The number of aromatic nitrogens is 2. The van der Waals surface area contributed by atoms with E-state index < -0.39 is 0 Å². The van der Waals surface area contributed by atoms with Crippen LogP contribution in [0.2, 0.25) is 0 Å². The molecule has 0 unspecified atom stereocenters. The molecule has 0 saturated carbocycles. The van der Waals surface area contributed by atoms with Gasteiger partial charge in [0.25, 0.3) is 0 Å². The van der Waals surface area contributed by atoms with Gasteiger partial charge in [0.15, 0.2) is 0 Å². The summed E-state index contributed by atoms with van der Waals surface area (Å²) in [6, 6.07) is 7.55. The van der Waals surface area contributed by atoms with Gasteiger partial charge in [-0.3, -0.25) is 0 Å². The molecule has 21 heavy (non-hydrogen) atoms. The fourth-order valence-corrected chi connectivity index (χ4v) is 2.41. The molecule has 0 saturated heterocycles. The minimum atomic E-state index is 0.287. The van der Waals surface area contributed by atoms with Crippen molar-refractivity contribution < 1.29 is 4.74 Å². The summed E-state index contributed by atoms with van der Waals surface area (Å²) in [7, 11) is 1.55. The van der Waals surface area contributed by atoms with E-state index in [4.69, 9.17) is 10.5 Å². The number of anilines is 1. The number of benzene rings is 1. The van der Waals surface area contributed by atoms with Crippen molar-refractivity contribution in [2.75, 3.05) is 12.8 Å². The highest BCUT2D eigenvalue weighted by Gasteiger charge is 2.18. The van der Waals surface area contributed by atoms with E-state index in [9.17, 15) is 5.26 Å². The van der Waals surface area contributed by atoms with Gasteiger partial charge in [0.2, 0.25) is 0 Å². The van der Waals surface area contributed by atoms with Crippen LogP contribution in [0.4, 0.5) is 5.82 Å². The lowest BCUT2D eigenvalue weighted by Gasteiger charge is -2.08. The third-order valence-electron chi connectivity index (χ3n) is 3.46. The number of methoxy groups -OCH3 is 1. The maximum Gasteiger partial charge on any atom is 0.136 e. The molecule has 2 rings (SSSR count). The summed E-state index contributed by atoms with van der Waals surface area (Å²) >= 11 is 0. The van der Waals surface area contributed by atoms with Crippen molar-refractivity contribution in [2.45, 2.75) is 33.2 Å². The van der Waals surface area contributed by atoms with Gasteiger partial charge in [-0.25, -0.2) is 4.98 Å². The topological polar surface area (TPSA) is 76.9 Å². The summed E-state index contributed by atoms with van der Waals surface area (Å²) in [5.74, 6) is 2.43. The van der Waals surface area contributed by atoms with Crippen LogP contribution < -0.4 is 10.5 Å². The van der Waals surface area contributed by atoms with Gasteiger partial charge in [0.05, 0.1) is 12.7 Å². The fourth-order valence-electron chi connectivity index (χ4n) is 2.41. The molecule has 110 valence electrons. The Balaban J connectivity index is 2.60. The van der Waals surface area contributed by atoms with Crippen LogP contribution in [0, 0.1) is 11.3 Å². The lowest BCUT2D eigenvalue weighted by molar-refractivity contribution is 0.413. The quantitative estimate of drug-likeness (QED) is 0.935. The van der Waals surface area contributed by atoms with Gasteiger partial charge >= 0.3 is 0 Å². The van der Waals surface area contributed by atoms with Crippen molar-refractivity contribution in [3.05, 3.63) is 29.6 Å². The van der Waals surface area contributed by atoms with E-state index in [1.54, 1.807) is 19.2 Å². The van der Waals surface area contributed by atoms with Crippen LogP contribution in [-0.2, 0) is 6.54 Å². The number of nitriles is 1. The second-order valence-corrected chi connectivity index (χ2v) is 5.13. The molecule has 0 amide bonds. The molecule has 1 aromatic carbocycles. The van der Waals surface area contributed by atoms with E-state index in [2.05, 4.69) is 24.9 Å². The number of hydrogen-bond acceptors (Lipinski definition) is 4. The average molecular weight is 284 g/mol. The highest BCUT2D eigenvalue weighted by Crippen LogP contribution is 2.32. The predicted molar refractivity (Wildman–Crippen MR) is 83.1 cm³/mol. The normalized spacial score (nSPS) is 10.7. The first-order valence-electron chi connectivity index (χ1n) is 6.97. The molecule has 0 aliphatic heterocycles. The fraction of sp³-hybridized carbons (Fsp3) is 0.375. The van der Waals surface area contributed by atoms with E-state index in [1.807, 2.05) is 17.6 Å². The Kier molecular flexibility index (Phi) is 4.18. The van der Waals surface area contributed by atoms with Gasteiger partial charge in [-0.1, -0.05) is 13.8 Å². The molecule has 2 N–H and O–H groups in total. The number of nitrogens with two attached hydrogens (primary N) is 1. The Labute approximate surface area is 125 Å². The second-order valence-electron chi connectivity index (χ2n) is 5.13. The number of rotatable bonds is 4. The molecule has 0 bridgehead atoms. The van der Waals surface area contributed by atoms with Crippen molar-refractivity contribution in [1.82, 2.24) is 9.55 Å². The van der Waals surface area contributed by atoms with Gasteiger partial charge in [-0.05, 0) is 25.1 Å². The summed E-state index contributed by atoms with van der Waals surface area (Å²) in [6.45, 7) is 6.99. The van der Waals surface area contributed by atoms with Crippen molar-refractivity contribution >= 4 is 5.82 Å². The molecular weight excluding hydrogens is 264 g/mol. The summed E-state index contributed by atoms with van der Waals surface area (Å²) in [6.07, 6.45) is 0. The van der Waals surface area contributed by atoms with Crippen molar-refractivity contribution in [1.29, 1.82) is 5.26 Å². The molecule has 5 nitrogen and oxygen atoms in total. The summed E-state index contributed by atoms with van der Waals surface area (Å²) in [5, 5.41) is 9.20. The Morgan fingerprint density at radius 3 is 2.62 bits per heavy atom. The smallest absolute Gasteiger partial charge is 0.136 e. The number of nitrogen functional groups attached to an aromatic ring is 1. The van der Waals surface area contributed by atoms with Crippen LogP contribution in [0.25, 0.3) is 11.3 Å². The second kappa shape index (κ2) is 5.88. The van der Waals surface area contributed by atoms with Crippen LogP contribution >= 0.6 is 0 Å². The third kappa shape index (κ3) is 2.57. The van der Waals surface area contributed by atoms with E-state index in [-0.39, 0.29) is 5.92 Å². The van der Waals surface area contributed by atoms with Gasteiger partial charge in [0, 0.05) is 18.0 Å². The first-order chi connectivity index (χ1) is 10.0. The van der Waals surface area contributed by atoms with Crippen LogP contribution in [0.3, 0.4) is 0 Å². The van der Waals surface area contributed by atoms with Crippen LogP contribution in [0.1, 0.15) is 38.1 Å². The molecular formula is C16H20N4O. The summed E-state index contributed by atoms with van der Waals surface area (Å²) < 4.78 is 7.18. The van der Waals surface area contributed by atoms with E-state index in [0.717, 1.165) is 23.6 Å². The predicted octanol–water partition coefficient (Wildman–Crippen LogP) is 3.16. The molecule has 0 radical (unpaired) electrons. The Morgan fingerprint density at radius 2 is 2.14 bits per heavy atom. The van der Waals surface area contributed by atoms with Crippen LogP contribution in [-0.4, -0.2) is 16.7 Å². The largest absolute Gasteiger partial charge is 0.495 e. The van der Waals surface area contributed by atoms with Crippen molar-refractivity contribution in [3.8, 4) is 23.1 Å². The van der Waals surface area contributed by atoms with E-state index >= 15 is 0 Å². The van der Waals surface area contributed by atoms with Crippen LogP contribution in [0.15, 0.2) is 18.2 Å². The van der Waals surface area contributed by atoms with Crippen LogP contribution in [0.5, 0.6) is 5.75 Å². The first kappa shape index (κ1) is 14.9. The maximum atomic E-state index is 9.20. The highest BCUT2D eigenvalue weighted by molar-refractivity contribution is 5.73. The van der Waals surface area contributed by atoms with E-state index in [0.29, 0.717) is 17.1 Å². The lowest BCUT2D eigenvalue weighted by Crippen LogP contribution is -2.06. The van der Waals surface area contributed by atoms with Gasteiger partial charge in [-0.2, -0.15) is 5.26 Å². The molecule has 0 atom stereocenters. The third-order valence-corrected chi connectivity index (χ3v) is 3.46. The molecule has 2 aromatic rings. The van der Waals surface area contributed by atoms with Gasteiger partial charge < -0.3 is 15.0 Å². The minimum absolute atomic E-state index is 0.287. The lowest BCUT2D eigenvalue weighted by atomic mass is 10.1. The zero-order chi connectivity index (χ0) is 15.6. The van der Waals surface area contributed by atoms with Crippen molar-refractivity contribution in [2.24, 2.45) is 0 Å². The van der Waals surface area contributed by atoms with E-state index in [1.165, 1.54) is 0 Å². The minimum Gasteiger partial charge on any atom is -0.495 e.